The van der Waals surface area contributed by atoms with Crippen molar-refractivity contribution >= 4 is 18.2 Å². The van der Waals surface area contributed by atoms with Crippen LogP contribution in [0.4, 0.5) is 5.69 Å². The highest BCUT2D eigenvalue weighted by Gasteiger charge is 1.89. The van der Waals surface area contributed by atoms with Gasteiger partial charge in [0.25, 0.3) is 0 Å². The molecule has 0 atom stereocenters. The Morgan fingerprint density at radius 1 is 1.21 bits per heavy atom. The van der Waals surface area contributed by atoms with Crippen LogP contribution in [0.2, 0.25) is 0 Å². The number of carbonyl (C=O) groups is 1. The van der Waals surface area contributed by atoms with E-state index in [1.165, 1.54) is 6.08 Å². The quantitative estimate of drug-likeness (QED) is 0.413. The monoisotopic (exact) mass is 189 g/mol. The van der Waals surface area contributed by atoms with E-state index < -0.39 is 0 Å². The molecule has 0 radical (unpaired) electrons. The second-order valence-electron chi connectivity index (χ2n) is 2.50. The van der Waals surface area contributed by atoms with Crippen molar-refractivity contribution in [1.29, 1.82) is 0 Å². The minimum absolute atomic E-state index is 0.708. The Kier molecular flexibility index (Phi) is 4.14. The molecule has 1 rings (SSSR count). The molecule has 72 valence electrons. The van der Waals surface area contributed by atoms with Crippen LogP contribution in [0.1, 0.15) is 0 Å². The van der Waals surface area contributed by atoms with Crippen molar-refractivity contribution in [3.05, 3.63) is 36.4 Å². The number of aldehydes is 1. The van der Waals surface area contributed by atoms with Crippen molar-refractivity contribution < 1.29 is 9.53 Å². The van der Waals surface area contributed by atoms with E-state index >= 15 is 0 Å². The number of methoxy groups -OCH3 is 1. The van der Waals surface area contributed by atoms with Gasteiger partial charge in [-0.3, -0.25) is 9.79 Å². The molecule has 0 aliphatic rings. The number of aliphatic imine (C=N–C) groups is 1. The summed E-state index contributed by atoms with van der Waals surface area (Å²) in [5.41, 5.74) is 0.821. The summed E-state index contributed by atoms with van der Waals surface area (Å²) < 4.78 is 5.00. The van der Waals surface area contributed by atoms with Crippen LogP contribution in [0.25, 0.3) is 0 Å². The van der Waals surface area contributed by atoms with Gasteiger partial charge in [0.15, 0.2) is 0 Å². The van der Waals surface area contributed by atoms with Crippen LogP contribution >= 0.6 is 0 Å². The summed E-state index contributed by atoms with van der Waals surface area (Å²) in [7, 11) is 1.62. The van der Waals surface area contributed by atoms with E-state index in [0.717, 1.165) is 11.4 Å². The zero-order valence-corrected chi connectivity index (χ0v) is 7.88. The van der Waals surface area contributed by atoms with E-state index in [0.29, 0.717) is 6.29 Å². The van der Waals surface area contributed by atoms with Crippen LogP contribution in [-0.2, 0) is 4.79 Å². The number of allylic oxidation sites excluding steroid dienone is 2. The minimum atomic E-state index is 0.708. The molecule has 0 N–H and O–H groups in total. The number of hydrogen-bond acceptors (Lipinski definition) is 3. The first kappa shape index (κ1) is 10.2. The van der Waals surface area contributed by atoms with Crippen LogP contribution in [0.15, 0.2) is 41.4 Å². The highest BCUT2D eigenvalue weighted by Crippen LogP contribution is 2.16. The molecular formula is C11H11NO2. The smallest absolute Gasteiger partial charge is 0.142 e. The molecule has 0 unspecified atom stereocenters. The van der Waals surface area contributed by atoms with Crippen LogP contribution < -0.4 is 4.74 Å². The first-order chi connectivity index (χ1) is 6.86. The number of benzene rings is 1. The molecule has 0 amide bonds. The Morgan fingerprint density at radius 3 is 2.50 bits per heavy atom. The maximum Gasteiger partial charge on any atom is 0.142 e. The van der Waals surface area contributed by atoms with Gasteiger partial charge in [-0.2, -0.15) is 0 Å². The Bertz CT molecular complexity index is 339. The lowest BCUT2D eigenvalue weighted by Crippen LogP contribution is -1.79. The van der Waals surface area contributed by atoms with Gasteiger partial charge in [0, 0.05) is 6.21 Å². The summed E-state index contributed by atoms with van der Waals surface area (Å²) in [6.45, 7) is 0. The molecule has 0 saturated heterocycles. The molecular weight excluding hydrogens is 178 g/mol. The lowest BCUT2D eigenvalue weighted by molar-refractivity contribution is -0.104. The third-order valence-electron chi connectivity index (χ3n) is 1.57. The molecule has 0 aliphatic heterocycles. The van der Waals surface area contributed by atoms with Crippen molar-refractivity contribution in [1.82, 2.24) is 0 Å². The van der Waals surface area contributed by atoms with E-state index in [2.05, 4.69) is 4.99 Å². The van der Waals surface area contributed by atoms with Crippen molar-refractivity contribution in [2.45, 2.75) is 0 Å². The van der Waals surface area contributed by atoms with Crippen LogP contribution in [0.3, 0.4) is 0 Å². The van der Waals surface area contributed by atoms with Gasteiger partial charge >= 0.3 is 0 Å². The van der Waals surface area contributed by atoms with Gasteiger partial charge in [0.1, 0.15) is 12.0 Å². The van der Waals surface area contributed by atoms with Gasteiger partial charge in [0.05, 0.1) is 12.8 Å². The van der Waals surface area contributed by atoms with E-state index in [9.17, 15) is 4.79 Å². The zero-order valence-electron chi connectivity index (χ0n) is 7.88. The maximum atomic E-state index is 9.93. The fraction of sp³-hybridized carbons (Fsp3) is 0.0909. The minimum Gasteiger partial charge on any atom is -0.497 e. The number of hydrogen-bond donors (Lipinski definition) is 0. The van der Waals surface area contributed by atoms with E-state index in [1.54, 1.807) is 19.4 Å². The highest BCUT2D eigenvalue weighted by atomic mass is 16.5. The Labute approximate surface area is 82.7 Å². The molecule has 0 aliphatic carbocycles. The maximum absolute atomic E-state index is 9.93. The molecule has 0 aromatic heterocycles. The molecule has 3 nitrogen and oxygen atoms in total. The van der Waals surface area contributed by atoms with Crippen LogP contribution in [-0.4, -0.2) is 19.6 Å². The van der Waals surface area contributed by atoms with Gasteiger partial charge < -0.3 is 4.74 Å². The Hall–Kier alpha value is -1.90. The third kappa shape index (κ3) is 3.23. The fourth-order valence-electron chi connectivity index (χ4n) is 0.892. The van der Waals surface area contributed by atoms with Crippen molar-refractivity contribution in [3.63, 3.8) is 0 Å². The van der Waals surface area contributed by atoms with Gasteiger partial charge in [-0.25, -0.2) is 0 Å². The molecule has 0 heterocycles. The predicted octanol–water partition coefficient (Wildman–Crippen LogP) is 2.15. The second kappa shape index (κ2) is 5.70. The Balaban J connectivity index is 2.63. The number of ether oxygens (including phenoxy) is 1. The average Bonchev–Trinajstić information content (AvgIpc) is 2.25. The summed E-state index contributed by atoms with van der Waals surface area (Å²) in [6, 6.07) is 7.33. The first-order valence-electron chi connectivity index (χ1n) is 4.15. The van der Waals surface area contributed by atoms with Crippen LogP contribution in [0, 0.1) is 0 Å². The molecule has 0 saturated carbocycles. The SMILES string of the molecule is COc1ccc(N=C/C=C/C=O)cc1. The lowest BCUT2D eigenvalue weighted by atomic mass is 10.3. The standard InChI is InChI=1S/C11H11NO2/c1-14-11-6-4-10(5-7-11)12-8-2-3-9-13/h2-9H,1H3/b3-2+,12-8?. The highest BCUT2D eigenvalue weighted by molar-refractivity contribution is 5.80. The van der Waals surface area contributed by atoms with Gasteiger partial charge in [0.2, 0.25) is 0 Å². The van der Waals surface area contributed by atoms with E-state index in [-0.39, 0.29) is 0 Å². The van der Waals surface area contributed by atoms with Crippen molar-refractivity contribution in [2.24, 2.45) is 4.99 Å². The summed E-state index contributed by atoms with van der Waals surface area (Å²) >= 11 is 0. The topological polar surface area (TPSA) is 38.7 Å². The first-order valence-corrected chi connectivity index (χ1v) is 4.15. The van der Waals surface area contributed by atoms with Crippen molar-refractivity contribution in [3.8, 4) is 5.75 Å². The summed E-state index contributed by atoms with van der Waals surface area (Å²) in [4.78, 5) is 14.0. The number of carbonyl (C=O) groups excluding carboxylic acids is 1. The molecule has 14 heavy (non-hydrogen) atoms. The molecule has 0 bridgehead atoms. The molecule has 1 aromatic carbocycles. The lowest BCUT2D eigenvalue weighted by Gasteiger charge is -1.97. The molecule has 1 aromatic rings. The number of rotatable bonds is 4. The largest absolute Gasteiger partial charge is 0.497 e. The fourth-order valence-corrected chi connectivity index (χ4v) is 0.892. The van der Waals surface area contributed by atoms with Crippen LogP contribution in [0.5, 0.6) is 5.75 Å². The van der Waals surface area contributed by atoms with Gasteiger partial charge in [-0.1, -0.05) is 0 Å². The molecule has 0 spiro atoms. The van der Waals surface area contributed by atoms with Crippen molar-refractivity contribution in [2.75, 3.05) is 7.11 Å². The van der Waals surface area contributed by atoms with Gasteiger partial charge in [-0.05, 0) is 36.4 Å². The normalized spacial score (nSPS) is 10.9. The predicted molar refractivity (Wildman–Crippen MR) is 56.4 cm³/mol. The average molecular weight is 189 g/mol. The second-order valence-corrected chi connectivity index (χ2v) is 2.50. The van der Waals surface area contributed by atoms with E-state index in [1.807, 2.05) is 24.3 Å². The summed E-state index contributed by atoms with van der Waals surface area (Å²) in [5.74, 6) is 0.799. The summed E-state index contributed by atoms with van der Waals surface area (Å²) in [5, 5.41) is 0. The molecule has 0 fully saturated rings. The molecule has 3 heteroatoms. The third-order valence-corrected chi connectivity index (χ3v) is 1.57. The Morgan fingerprint density at radius 2 is 1.93 bits per heavy atom. The van der Waals surface area contributed by atoms with Gasteiger partial charge in [-0.15, -0.1) is 0 Å². The zero-order chi connectivity index (χ0) is 10.2. The van der Waals surface area contributed by atoms with E-state index in [4.69, 9.17) is 4.74 Å². The summed E-state index contributed by atoms with van der Waals surface area (Å²) in [6.07, 6.45) is 5.24. The number of nitrogens with zero attached hydrogens (tertiary/aromatic N) is 1.